The van der Waals surface area contributed by atoms with Gasteiger partial charge in [-0.05, 0) is 85.0 Å². The lowest BCUT2D eigenvalue weighted by molar-refractivity contribution is -0.0226. The van der Waals surface area contributed by atoms with E-state index in [1.807, 2.05) is 12.1 Å². The SMILES string of the molecule is C[C@]12CC[C@@H]3c4ccc(O)cc4CC[C@H]3[C@H]1CCC2O. The summed E-state index contributed by atoms with van der Waals surface area (Å²) in [7, 11) is 0. The van der Waals surface area contributed by atoms with Gasteiger partial charge in [0.05, 0.1) is 6.10 Å². The zero-order valence-corrected chi connectivity index (χ0v) is 12.2. The number of fused-ring (bicyclic) bond motifs is 5. The number of aliphatic hydroxyl groups is 1. The van der Waals surface area contributed by atoms with Crippen molar-refractivity contribution in [3.63, 3.8) is 0 Å². The van der Waals surface area contributed by atoms with Gasteiger partial charge in [0.25, 0.3) is 0 Å². The number of hydrogen-bond acceptors (Lipinski definition) is 2. The maximum Gasteiger partial charge on any atom is 0.115 e. The molecule has 20 heavy (non-hydrogen) atoms. The van der Waals surface area contributed by atoms with Crippen LogP contribution in [-0.4, -0.2) is 16.3 Å². The molecule has 0 heterocycles. The van der Waals surface area contributed by atoms with Crippen LogP contribution < -0.4 is 0 Å². The largest absolute Gasteiger partial charge is 0.508 e. The van der Waals surface area contributed by atoms with E-state index in [0.29, 0.717) is 17.6 Å². The summed E-state index contributed by atoms with van der Waals surface area (Å²) in [5.41, 5.74) is 2.99. The van der Waals surface area contributed by atoms with E-state index < -0.39 is 0 Å². The molecule has 2 fully saturated rings. The van der Waals surface area contributed by atoms with Crippen molar-refractivity contribution in [1.82, 2.24) is 0 Å². The van der Waals surface area contributed by atoms with Crippen LogP contribution in [0.1, 0.15) is 56.1 Å². The Kier molecular flexibility index (Phi) is 2.69. The molecule has 0 spiro atoms. The topological polar surface area (TPSA) is 40.5 Å². The first kappa shape index (κ1) is 12.7. The van der Waals surface area contributed by atoms with Crippen molar-refractivity contribution in [2.45, 2.75) is 57.5 Å². The third-order valence-electron chi connectivity index (χ3n) is 6.66. The van der Waals surface area contributed by atoms with Crippen LogP contribution in [0.4, 0.5) is 0 Å². The molecule has 0 radical (unpaired) electrons. The number of aromatic hydroxyl groups is 1. The molecule has 0 aliphatic heterocycles. The Balaban J connectivity index is 1.71. The van der Waals surface area contributed by atoms with Crippen LogP contribution in [0, 0.1) is 17.3 Å². The number of aliphatic hydroxyl groups excluding tert-OH is 1. The second-order valence-corrected chi connectivity index (χ2v) is 7.44. The molecule has 108 valence electrons. The highest BCUT2D eigenvalue weighted by Crippen LogP contribution is 2.60. The second-order valence-electron chi connectivity index (χ2n) is 7.44. The molecule has 5 atom stereocenters. The van der Waals surface area contributed by atoms with Gasteiger partial charge in [-0.2, -0.15) is 0 Å². The summed E-state index contributed by atoms with van der Waals surface area (Å²) in [6.07, 6.45) is 6.78. The van der Waals surface area contributed by atoms with Crippen LogP contribution >= 0.6 is 0 Å². The summed E-state index contributed by atoms with van der Waals surface area (Å²) < 4.78 is 0. The fourth-order valence-electron chi connectivity index (χ4n) is 5.54. The molecule has 1 aromatic carbocycles. The summed E-state index contributed by atoms with van der Waals surface area (Å²) in [6, 6.07) is 5.96. The van der Waals surface area contributed by atoms with Crippen molar-refractivity contribution in [2.75, 3.05) is 0 Å². The van der Waals surface area contributed by atoms with Gasteiger partial charge in [0.1, 0.15) is 5.75 Å². The number of hydrogen-bond donors (Lipinski definition) is 2. The van der Waals surface area contributed by atoms with E-state index in [2.05, 4.69) is 13.0 Å². The van der Waals surface area contributed by atoms with Crippen molar-refractivity contribution in [3.8, 4) is 5.75 Å². The molecule has 1 unspecified atom stereocenters. The number of benzene rings is 1. The van der Waals surface area contributed by atoms with E-state index in [1.54, 1.807) is 0 Å². The van der Waals surface area contributed by atoms with Gasteiger partial charge in [-0.3, -0.25) is 0 Å². The Morgan fingerprint density at radius 1 is 1.15 bits per heavy atom. The normalized spacial score (nSPS) is 42.7. The van der Waals surface area contributed by atoms with Gasteiger partial charge in [-0.25, -0.2) is 0 Å². The van der Waals surface area contributed by atoms with Gasteiger partial charge in [0, 0.05) is 0 Å². The van der Waals surface area contributed by atoms with Gasteiger partial charge in [-0.1, -0.05) is 13.0 Å². The molecule has 2 heteroatoms. The smallest absolute Gasteiger partial charge is 0.115 e. The predicted molar refractivity (Wildman–Crippen MR) is 78.7 cm³/mol. The number of aryl methyl sites for hydroxylation is 1. The van der Waals surface area contributed by atoms with E-state index in [4.69, 9.17) is 0 Å². The lowest BCUT2D eigenvalue weighted by Gasteiger charge is -2.50. The van der Waals surface area contributed by atoms with Crippen molar-refractivity contribution < 1.29 is 10.2 Å². The van der Waals surface area contributed by atoms with Crippen LogP contribution in [0.3, 0.4) is 0 Å². The zero-order valence-electron chi connectivity index (χ0n) is 12.2. The third kappa shape index (κ3) is 1.60. The Labute approximate surface area is 120 Å². The van der Waals surface area contributed by atoms with Gasteiger partial charge in [0.2, 0.25) is 0 Å². The summed E-state index contributed by atoms with van der Waals surface area (Å²) in [6.45, 7) is 2.32. The highest BCUT2D eigenvalue weighted by atomic mass is 16.3. The fraction of sp³-hybridized carbons (Fsp3) is 0.667. The van der Waals surface area contributed by atoms with Gasteiger partial charge >= 0.3 is 0 Å². The fourth-order valence-corrected chi connectivity index (χ4v) is 5.54. The van der Waals surface area contributed by atoms with E-state index in [1.165, 1.54) is 30.4 Å². The van der Waals surface area contributed by atoms with Crippen molar-refractivity contribution >= 4 is 0 Å². The first-order chi connectivity index (χ1) is 9.59. The quantitative estimate of drug-likeness (QED) is 0.757. The molecule has 3 aliphatic carbocycles. The molecular weight excluding hydrogens is 248 g/mol. The first-order valence-electron chi connectivity index (χ1n) is 8.09. The van der Waals surface area contributed by atoms with E-state index in [-0.39, 0.29) is 11.5 Å². The van der Waals surface area contributed by atoms with Gasteiger partial charge in [0.15, 0.2) is 0 Å². The summed E-state index contributed by atoms with van der Waals surface area (Å²) in [5, 5.41) is 20.0. The molecule has 2 nitrogen and oxygen atoms in total. The van der Waals surface area contributed by atoms with Crippen LogP contribution in [0.5, 0.6) is 5.75 Å². The summed E-state index contributed by atoms with van der Waals surface area (Å²) in [4.78, 5) is 0. The molecule has 3 aliphatic rings. The maximum atomic E-state index is 10.4. The van der Waals surface area contributed by atoms with E-state index >= 15 is 0 Å². The molecule has 0 saturated heterocycles. The molecular formula is C18H24O2. The molecule has 1 aromatic rings. The highest BCUT2D eigenvalue weighted by molar-refractivity contribution is 5.40. The minimum atomic E-state index is -0.0883. The third-order valence-corrected chi connectivity index (χ3v) is 6.66. The van der Waals surface area contributed by atoms with Crippen molar-refractivity contribution in [2.24, 2.45) is 17.3 Å². The maximum absolute atomic E-state index is 10.4. The minimum absolute atomic E-state index is 0.0883. The average molecular weight is 272 g/mol. The Morgan fingerprint density at radius 2 is 2.00 bits per heavy atom. The Hall–Kier alpha value is -1.02. The average Bonchev–Trinajstić information content (AvgIpc) is 2.74. The summed E-state index contributed by atoms with van der Waals surface area (Å²) >= 11 is 0. The van der Waals surface area contributed by atoms with Crippen LogP contribution in [0.15, 0.2) is 18.2 Å². The Morgan fingerprint density at radius 3 is 2.85 bits per heavy atom. The lowest BCUT2D eigenvalue weighted by Crippen LogP contribution is -2.43. The predicted octanol–water partition coefficient (Wildman–Crippen LogP) is 3.61. The van der Waals surface area contributed by atoms with Gasteiger partial charge in [-0.15, -0.1) is 0 Å². The number of phenolic OH excluding ortho intramolecular Hbond substituents is 1. The zero-order chi connectivity index (χ0) is 13.9. The monoisotopic (exact) mass is 272 g/mol. The van der Waals surface area contributed by atoms with Gasteiger partial charge < -0.3 is 10.2 Å². The van der Waals surface area contributed by atoms with Crippen LogP contribution in [0.25, 0.3) is 0 Å². The van der Waals surface area contributed by atoms with E-state index in [9.17, 15) is 10.2 Å². The molecule has 0 amide bonds. The summed E-state index contributed by atoms with van der Waals surface area (Å²) in [5.74, 6) is 2.49. The number of phenols is 1. The van der Waals surface area contributed by atoms with Crippen LogP contribution in [-0.2, 0) is 6.42 Å². The van der Waals surface area contributed by atoms with Crippen LogP contribution in [0.2, 0.25) is 0 Å². The Bertz CT molecular complexity index is 538. The molecule has 0 bridgehead atoms. The molecule has 4 rings (SSSR count). The second kappa shape index (κ2) is 4.24. The molecule has 0 aromatic heterocycles. The van der Waals surface area contributed by atoms with E-state index in [0.717, 1.165) is 25.2 Å². The van der Waals surface area contributed by atoms with Crippen molar-refractivity contribution in [1.29, 1.82) is 0 Å². The minimum Gasteiger partial charge on any atom is -0.508 e. The lowest BCUT2D eigenvalue weighted by atomic mass is 9.55. The number of rotatable bonds is 0. The standard InChI is InChI=1S/C18H24O2/c1-18-9-8-14-13-5-3-12(19)10-11(13)2-4-15(14)16(18)6-7-17(18)20/h3,5,10,14-17,19-20H,2,4,6-9H2,1H3/t14-,15-,16-,17?,18+/m1/s1. The molecule has 2 N–H and O–H groups in total. The first-order valence-corrected chi connectivity index (χ1v) is 8.09. The molecule has 2 saturated carbocycles. The van der Waals surface area contributed by atoms with Crippen molar-refractivity contribution in [3.05, 3.63) is 29.3 Å². The highest BCUT2D eigenvalue weighted by Gasteiger charge is 2.54.